The second-order valence-corrected chi connectivity index (χ2v) is 9.22. The molecule has 2 atom stereocenters. The Morgan fingerprint density at radius 3 is 2.29 bits per heavy atom. The lowest BCUT2D eigenvalue weighted by atomic mass is 10.2. The van der Waals surface area contributed by atoms with Crippen LogP contribution in [0.5, 0.6) is 0 Å². The molecule has 0 amide bonds. The van der Waals surface area contributed by atoms with Crippen molar-refractivity contribution in [2.75, 3.05) is 6.54 Å². The number of aromatic nitrogens is 6. The molecule has 2 heterocycles. The van der Waals surface area contributed by atoms with Gasteiger partial charge in [0, 0.05) is 10.6 Å². The van der Waals surface area contributed by atoms with Crippen molar-refractivity contribution in [2.24, 2.45) is 5.73 Å². The van der Waals surface area contributed by atoms with Crippen LogP contribution >= 0.6 is 23.2 Å². The zero-order valence-electron chi connectivity index (χ0n) is 20.3. The summed E-state index contributed by atoms with van der Waals surface area (Å²) in [5.41, 5.74) is 3.91. The number of carbonyl (C=O) groups excluding carboxylic acids is 1. The second-order valence-electron chi connectivity index (χ2n) is 8.38. The van der Waals surface area contributed by atoms with Crippen LogP contribution in [-0.2, 0) is 22.0 Å². The van der Waals surface area contributed by atoms with Crippen LogP contribution in [0, 0.1) is 0 Å². The molecule has 0 saturated heterocycles. The number of nitrogens with zero attached hydrogens (tertiary/aromatic N) is 6. The summed E-state index contributed by atoms with van der Waals surface area (Å²) in [7, 11) is 0. The van der Waals surface area contributed by atoms with Gasteiger partial charge in [-0.05, 0) is 36.4 Å². The highest BCUT2D eigenvalue weighted by atomic mass is 35.5. The minimum atomic E-state index is -5.12. The number of halogens is 7. The van der Waals surface area contributed by atoms with Crippen molar-refractivity contribution in [3.63, 3.8) is 0 Å². The first kappa shape index (κ1) is 30.1. The first-order chi connectivity index (χ1) is 19.3. The molecule has 0 spiro atoms. The molecule has 18 heteroatoms. The number of hydrogen-bond acceptors (Lipinski definition) is 8. The largest absolute Gasteiger partial charge is 0.434 e. The fraction of sp³-hybridized carbons (Fsp3) is 0.261. The van der Waals surface area contributed by atoms with Crippen LogP contribution in [0.25, 0.3) is 17.1 Å². The van der Waals surface area contributed by atoms with E-state index in [4.69, 9.17) is 33.7 Å². The SMILES string of the molecule is NCC(F)(F)c1nc(C(OC=O)n2nc(-c3ccc(Cl)cc3)n(C[C@H](O)C(F)(F)F)c2=O)nn1-c1ccccc1Cl. The van der Waals surface area contributed by atoms with Gasteiger partial charge in [-0.15, -0.1) is 10.2 Å². The fourth-order valence-corrected chi connectivity index (χ4v) is 3.99. The Balaban J connectivity index is 1.94. The zero-order valence-corrected chi connectivity index (χ0v) is 21.9. The van der Waals surface area contributed by atoms with Crippen molar-refractivity contribution in [1.82, 2.24) is 29.1 Å². The van der Waals surface area contributed by atoms with E-state index >= 15 is 0 Å². The van der Waals surface area contributed by atoms with E-state index in [0.29, 0.717) is 13.9 Å². The van der Waals surface area contributed by atoms with E-state index in [1.165, 1.54) is 48.5 Å². The maximum atomic E-state index is 14.8. The van der Waals surface area contributed by atoms with Crippen LogP contribution in [-0.4, -0.2) is 59.5 Å². The van der Waals surface area contributed by atoms with Crippen LogP contribution in [0.2, 0.25) is 10.0 Å². The molecule has 2 aromatic carbocycles. The van der Waals surface area contributed by atoms with Gasteiger partial charge in [-0.1, -0.05) is 35.3 Å². The third-order valence-corrected chi connectivity index (χ3v) is 6.21. The molecule has 0 aliphatic heterocycles. The normalized spacial score (nSPS) is 13.7. The predicted octanol–water partition coefficient (Wildman–Crippen LogP) is 3.29. The molecule has 2 aromatic heterocycles. The first-order valence-electron chi connectivity index (χ1n) is 11.4. The quantitative estimate of drug-likeness (QED) is 0.203. The smallest absolute Gasteiger partial charge is 0.416 e. The molecule has 0 aliphatic carbocycles. The fourth-order valence-electron chi connectivity index (χ4n) is 3.65. The summed E-state index contributed by atoms with van der Waals surface area (Å²) in [6.07, 6.45) is -10.2. The molecule has 218 valence electrons. The van der Waals surface area contributed by atoms with Gasteiger partial charge < -0.3 is 15.6 Å². The maximum absolute atomic E-state index is 14.8. The van der Waals surface area contributed by atoms with Crippen molar-refractivity contribution in [3.05, 3.63) is 80.7 Å². The van der Waals surface area contributed by atoms with E-state index in [-0.39, 0.29) is 27.8 Å². The molecular weight excluding hydrogens is 604 g/mol. The molecule has 0 saturated carbocycles. The summed E-state index contributed by atoms with van der Waals surface area (Å²) in [6.45, 7) is -2.70. The predicted molar refractivity (Wildman–Crippen MR) is 134 cm³/mol. The van der Waals surface area contributed by atoms with E-state index in [0.717, 1.165) is 0 Å². The third kappa shape index (κ3) is 6.09. The highest BCUT2D eigenvalue weighted by Crippen LogP contribution is 2.32. The lowest BCUT2D eigenvalue weighted by Crippen LogP contribution is -2.38. The van der Waals surface area contributed by atoms with Crippen molar-refractivity contribution in [2.45, 2.75) is 31.0 Å². The van der Waals surface area contributed by atoms with Gasteiger partial charge in [-0.2, -0.15) is 26.6 Å². The second kappa shape index (κ2) is 11.6. The Bertz CT molecular complexity index is 1610. The summed E-state index contributed by atoms with van der Waals surface area (Å²) in [5.74, 6) is -5.97. The van der Waals surface area contributed by atoms with Gasteiger partial charge in [0.05, 0.1) is 23.8 Å². The number of aliphatic hydroxyl groups is 1. The van der Waals surface area contributed by atoms with Crippen molar-refractivity contribution in [3.8, 4) is 17.1 Å². The van der Waals surface area contributed by atoms with Gasteiger partial charge in [0.2, 0.25) is 11.6 Å². The molecule has 11 nitrogen and oxygen atoms in total. The van der Waals surface area contributed by atoms with Crippen LogP contribution < -0.4 is 11.4 Å². The van der Waals surface area contributed by atoms with E-state index in [1.807, 2.05) is 0 Å². The molecule has 4 aromatic rings. The number of para-hydroxylation sites is 1. The molecular formula is C23H18Cl2F5N7O4. The van der Waals surface area contributed by atoms with Crippen LogP contribution in [0.1, 0.15) is 17.9 Å². The Kier molecular flexibility index (Phi) is 8.49. The summed E-state index contributed by atoms with van der Waals surface area (Å²) in [6, 6.07) is 11.0. The molecule has 0 bridgehead atoms. The van der Waals surface area contributed by atoms with Crippen molar-refractivity contribution in [1.29, 1.82) is 0 Å². The Hall–Kier alpha value is -3.86. The van der Waals surface area contributed by atoms with Gasteiger partial charge in [0.1, 0.15) is 0 Å². The Morgan fingerprint density at radius 2 is 1.71 bits per heavy atom. The first-order valence-corrected chi connectivity index (χ1v) is 12.1. The molecule has 0 fully saturated rings. The summed E-state index contributed by atoms with van der Waals surface area (Å²) < 4.78 is 75.7. The van der Waals surface area contributed by atoms with E-state index in [1.54, 1.807) is 0 Å². The molecule has 1 unspecified atom stereocenters. The number of carbonyl (C=O) groups is 1. The van der Waals surface area contributed by atoms with E-state index < -0.39 is 60.7 Å². The Labute approximate surface area is 236 Å². The van der Waals surface area contributed by atoms with Crippen LogP contribution in [0.4, 0.5) is 22.0 Å². The number of hydrogen-bond donors (Lipinski definition) is 2. The minimum absolute atomic E-state index is 0.0292. The summed E-state index contributed by atoms with van der Waals surface area (Å²) >= 11 is 12.0. The van der Waals surface area contributed by atoms with Crippen molar-refractivity contribution >= 4 is 29.7 Å². The van der Waals surface area contributed by atoms with E-state index in [2.05, 4.69) is 15.2 Å². The zero-order chi connectivity index (χ0) is 30.1. The number of nitrogens with two attached hydrogens (primary N) is 1. The number of rotatable bonds is 10. The number of ether oxygens (including phenoxy) is 1. The van der Waals surface area contributed by atoms with Crippen LogP contribution in [0.15, 0.2) is 53.3 Å². The highest BCUT2D eigenvalue weighted by molar-refractivity contribution is 6.32. The lowest BCUT2D eigenvalue weighted by Gasteiger charge is -2.15. The Morgan fingerprint density at radius 1 is 1.05 bits per heavy atom. The van der Waals surface area contributed by atoms with Gasteiger partial charge in [0.15, 0.2) is 11.9 Å². The molecule has 0 aliphatic rings. The van der Waals surface area contributed by atoms with Gasteiger partial charge in [-0.3, -0.25) is 9.36 Å². The van der Waals surface area contributed by atoms with E-state index in [9.17, 15) is 36.6 Å². The van der Waals surface area contributed by atoms with Crippen LogP contribution in [0.3, 0.4) is 0 Å². The average Bonchev–Trinajstić information content (AvgIpc) is 3.50. The minimum Gasteiger partial charge on any atom is -0.434 e. The number of aliphatic hydroxyl groups excluding tert-OH is 1. The lowest BCUT2D eigenvalue weighted by molar-refractivity contribution is -0.207. The molecule has 41 heavy (non-hydrogen) atoms. The topological polar surface area (TPSA) is 143 Å². The highest BCUT2D eigenvalue weighted by Gasteiger charge is 2.41. The molecule has 4 rings (SSSR count). The number of benzene rings is 2. The molecule has 0 radical (unpaired) electrons. The van der Waals surface area contributed by atoms with Gasteiger partial charge in [0.25, 0.3) is 12.7 Å². The summed E-state index contributed by atoms with van der Waals surface area (Å²) in [5, 5.41) is 17.9. The number of alkyl halides is 5. The van der Waals surface area contributed by atoms with Gasteiger partial charge in [-0.25, -0.2) is 14.5 Å². The van der Waals surface area contributed by atoms with Gasteiger partial charge >= 0.3 is 17.8 Å². The standard InChI is InChI=1S/C23H18Cl2F5N7O4/c24-13-7-5-12(6-8-13)18-34-37(21(40)35(18)9-16(39)23(28,29)30)19(41-11-38)17-32-20(22(26,27)10-31)36(33-17)15-4-2-1-3-14(15)25/h1-8,11,16,19,39H,9-10,31H2/t16-,19?/m0/s1. The summed E-state index contributed by atoms with van der Waals surface area (Å²) in [4.78, 5) is 28.5. The third-order valence-electron chi connectivity index (χ3n) is 5.64. The molecule has 3 N–H and O–H groups in total. The average molecular weight is 622 g/mol. The van der Waals surface area contributed by atoms with Crippen molar-refractivity contribution < 1.29 is 36.6 Å². The maximum Gasteiger partial charge on any atom is 0.416 e. The monoisotopic (exact) mass is 621 g/mol.